The fourth-order valence-electron chi connectivity index (χ4n) is 2.57. The summed E-state index contributed by atoms with van der Waals surface area (Å²) in [5.41, 5.74) is -2.04. The summed E-state index contributed by atoms with van der Waals surface area (Å²) in [4.78, 5) is 23.1. The Morgan fingerprint density at radius 3 is 2.44 bits per heavy atom. The van der Waals surface area contributed by atoms with E-state index in [0.29, 0.717) is 13.1 Å². The number of aliphatic carboxylic acids is 1. The Morgan fingerprint density at radius 2 is 1.88 bits per heavy atom. The number of sulfonamides is 1. The van der Waals surface area contributed by atoms with Crippen LogP contribution >= 0.6 is 0 Å². The van der Waals surface area contributed by atoms with Gasteiger partial charge >= 0.3 is 5.97 Å². The molecule has 0 radical (unpaired) electrons. The first-order valence-electron chi connectivity index (χ1n) is 7.96. The van der Waals surface area contributed by atoms with Crippen molar-refractivity contribution in [1.82, 2.24) is 14.2 Å². The molecule has 1 atom stereocenters. The molecule has 1 aromatic rings. The summed E-state index contributed by atoms with van der Waals surface area (Å²) < 4.78 is 28.1. The third-order valence-corrected chi connectivity index (χ3v) is 6.08. The molecule has 3 N–H and O–H groups in total. The third kappa shape index (κ3) is 4.20. The average Bonchev–Trinajstić information content (AvgIpc) is 2.96. The highest BCUT2D eigenvalue weighted by molar-refractivity contribution is 7.89. The molecule has 1 fully saturated rings. The predicted octanol–water partition coefficient (Wildman–Crippen LogP) is -0.235. The smallest absolute Gasteiger partial charge is 0.337 e. The number of aryl methyl sites for hydroxylation is 1. The first kappa shape index (κ1) is 19.4. The van der Waals surface area contributed by atoms with Gasteiger partial charge in [-0.05, 0) is 25.8 Å². The largest absolute Gasteiger partial charge is 0.479 e. The van der Waals surface area contributed by atoms with Gasteiger partial charge in [0.2, 0.25) is 10.0 Å². The van der Waals surface area contributed by atoms with Gasteiger partial charge in [0.1, 0.15) is 10.6 Å². The van der Waals surface area contributed by atoms with E-state index < -0.39 is 34.0 Å². The number of nitrogens with zero attached hydrogens (tertiary/aromatic N) is 2. The fraction of sp³-hybridized carbons (Fsp3) is 0.600. The first-order chi connectivity index (χ1) is 11.6. The lowest BCUT2D eigenvalue weighted by Crippen LogP contribution is -2.46. The van der Waals surface area contributed by atoms with E-state index >= 15 is 0 Å². The van der Waals surface area contributed by atoms with Crippen LogP contribution in [0.15, 0.2) is 17.2 Å². The molecule has 1 unspecified atom stereocenters. The number of carbonyl (C=O) groups excluding carboxylic acids is 1. The number of nitrogens with one attached hydrogen (secondary N) is 1. The lowest BCUT2D eigenvalue weighted by molar-refractivity contribution is -0.155. The molecule has 1 saturated heterocycles. The minimum Gasteiger partial charge on any atom is -0.479 e. The molecule has 1 amide bonds. The van der Waals surface area contributed by atoms with Crippen molar-refractivity contribution in [2.75, 3.05) is 19.6 Å². The predicted molar refractivity (Wildman–Crippen MR) is 88.6 cm³/mol. The molecule has 0 aliphatic carbocycles. The lowest BCUT2D eigenvalue weighted by Gasteiger charge is -2.25. The molecular formula is C15H23N3O6S. The Kier molecular flexibility index (Phi) is 5.55. The number of amides is 1. The zero-order valence-corrected chi connectivity index (χ0v) is 15.0. The van der Waals surface area contributed by atoms with Crippen LogP contribution in [-0.2, 0) is 21.9 Å². The van der Waals surface area contributed by atoms with Gasteiger partial charge in [-0.15, -0.1) is 0 Å². The second-order valence-corrected chi connectivity index (χ2v) is 8.34. The van der Waals surface area contributed by atoms with Crippen LogP contribution in [0.1, 0.15) is 36.7 Å². The van der Waals surface area contributed by atoms with Crippen LogP contribution in [0.25, 0.3) is 0 Å². The summed E-state index contributed by atoms with van der Waals surface area (Å²) in [5.74, 6) is -2.13. The van der Waals surface area contributed by atoms with Crippen molar-refractivity contribution in [1.29, 1.82) is 0 Å². The number of hydrogen-bond acceptors (Lipinski definition) is 5. The van der Waals surface area contributed by atoms with E-state index in [0.717, 1.165) is 26.2 Å². The Balaban J connectivity index is 2.16. The van der Waals surface area contributed by atoms with E-state index in [2.05, 4.69) is 5.32 Å². The summed E-state index contributed by atoms with van der Waals surface area (Å²) in [6.45, 7) is 1.48. The van der Waals surface area contributed by atoms with Crippen molar-refractivity contribution < 1.29 is 28.2 Å². The molecule has 140 valence electrons. The number of carboxylic acids is 1. The monoisotopic (exact) mass is 373 g/mol. The number of rotatable bonds is 6. The van der Waals surface area contributed by atoms with E-state index in [-0.39, 0.29) is 10.6 Å². The number of aliphatic hydroxyl groups is 1. The highest BCUT2D eigenvalue weighted by Crippen LogP contribution is 2.22. The van der Waals surface area contributed by atoms with Crippen LogP contribution in [0.5, 0.6) is 0 Å². The molecule has 25 heavy (non-hydrogen) atoms. The molecule has 0 bridgehead atoms. The Hall–Kier alpha value is -1.91. The lowest BCUT2D eigenvalue weighted by atomic mass is 10.1. The van der Waals surface area contributed by atoms with E-state index in [1.165, 1.54) is 28.2 Å². The maximum atomic E-state index is 12.6. The number of hydrogen-bond donors (Lipinski definition) is 3. The van der Waals surface area contributed by atoms with Gasteiger partial charge in [0.05, 0.1) is 6.54 Å². The summed E-state index contributed by atoms with van der Waals surface area (Å²) in [6.07, 6.45) is 3.97. The van der Waals surface area contributed by atoms with Crippen molar-refractivity contribution in [2.45, 2.75) is 36.7 Å². The van der Waals surface area contributed by atoms with Crippen LogP contribution in [-0.4, -0.2) is 64.6 Å². The topological polar surface area (TPSA) is 129 Å². The molecule has 1 aliphatic rings. The number of carboxylic acid groups (broad SMARTS) is 1. The molecule has 0 saturated carbocycles. The normalized spacial score (nSPS) is 18.5. The zero-order valence-electron chi connectivity index (χ0n) is 14.2. The number of carbonyl (C=O) groups is 2. The van der Waals surface area contributed by atoms with Gasteiger partial charge in [0, 0.05) is 26.3 Å². The third-order valence-electron chi connectivity index (χ3n) is 4.22. The van der Waals surface area contributed by atoms with E-state index in [1.54, 1.807) is 0 Å². The van der Waals surface area contributed by atoms with Crippen LogP contribution in [0.2, 0.25) is 0 Å². The standard InChI is InChI=1S/C15H23N3O6S/c1-15(22,14(20)21)10-16-13(19)12-8-11(9-17(12)2)25(23,24)18-6-4-3-5-7-18/h8-9,22H,3-7,10H2,1-2H3,(H,16,19)(H,20,21). The summed E-state index contributed by atoms with van der Waals surface area (Å²) in [5, 5.41) is 20.8. The van der Waals surface area contributed by atoms with Gasteiger partial charge in [-0.3, -0.25) is 4.79 Å². The average molecular weight is 373 g/mol. The van der Waals surface area contributed by atoms with Crippen LogP contribution < -0.4 is 5.32 Å². The van der Waals surface area contributed by atoms with E-state index in [1.807, 2.05) is 0 Å². The van der Waals surface area contributed by atoms with Gasteiger partial charge in [-0.1, -0.05) is 6.42 Å². The highest BCUT2D eigenvalue weighted by atomic mass is 32.2. The number of piperidine rings is 1. The Bertz CT molecular complexity index is 762. The molecule has 2 heterocycles. The van der Waals surface area contributed by atoms with Gasteiger partial charge in [-0.25, -0.2) is 13.2 Å². The Morgan fingerprint density at radius 1 is 1.28 bits per heavy atom. The first-order valence-corrected chi connectivity index (χ1v) is 9.40. The van der Waals surface area contributed by atoms with E-state index in [9.17, 15) is 23.1 Å². The van der Waals surface area contributed by atoms with Crippen LogP contribution in [0.3, 0.4) is 0 Å². The second kappa shape index (κ2) is 7.14. The summed E-state index contributed by atoms with van der Waals surface area (Å²) in [7, 11) is -2.14. The minimum absolute atomic E-state index is 0.0204. The van der Waals surface area contributed by atoms with Crippen molar-refractivity contribution >= 4 is 21.9 Å². The van der Waals surface area contributed by atoms with Gasteiger partial charge in [0.15, 0.2) is 5.60 Å². The zero-order chi connectivity index (χ0) is 18.8. The molecule has 9 nitrogen and oxygen atoms in total. The van der Waals surface area contributed by atoms with Crippen molar-refractivity contribution in [3.8, 4) is 0 Å². The summed E-state index contributed by atoms with van der Waals surface area (Å²) >= 11 is 0. The highest BCUT2D eigenvalue weighted by Gasteiger charge is 2.32. The van der Waals surface area contributed by atoms with Crippen LogP contribution in [0, 0.1) is 0 Å². The maximum absolute atomic E-state index is 12.6. The van der Waals surface area contributed by atoms with E-state index in [4.69, 9.17) is 5.11 Å². The van der Waals surface area contributed by atoms with Crippen molar-refractivity contribution in [2.24, 2.45) is 7.05 Å². The van der Waals surface area contributed by atoms with Crippen molar-refractivity contribution in [3.05, 3.63) is 18.0 Å². The Labute approximate surface area is 146 Å². The molecule has 2 rings (SSSR count). The van der Waals surface area contributed by atoms with Crippen molar-refractivity contribution in [3.63, 3.8) is 0 Å². The van der Waals surface area contributed by atoms with Crippen LogP contribution in [0.4, 0.5) is 0 Å². The van der Waals surface area contributed by atoms with Gasteiger partial charge in [-0.2, -0.15) is 4.31 Å². The minimum atomic E-state index is -3.67. The molecule has 1 aromatic heterocycles. The SMILES string of the molecule is Cn1cc(S(=O)(=O)N2CCCCC2)cc1C(=O)NCC(C)(O)C(=O)O. The molecule has 10 heteroatoms. The van der Waals surface area contributed by atoms with Gasteiger partial charge < -0.3 is 20.1 Å². The fourth-order valence-corrected chi connectivity index (χ4v) is 4.16. The molecule has 1 aliphatic heterocycles. The molecular weight excluding hydrogens is 350 g/mol. The maximum Gasteiger partial charge on any atom is 0.337 e. The second-order valence-electron chi connectivity index (χ2n) is 6.40. The van der Waals surface area contributed by atoms with Gasteiger partial charge in [0.25, 0.3) is 5.91 Å². The molecule has 0 spiro atoms. The molecule has 0 aromatic carbocycles. The number of aromatic nitrogens is 1. The summed E-state index contributed by atoms with van der Waals surface area (Å²) in [6, 6.07) is 1.26. The quantitative estimate of drug-likeness (QED) is 0.631.